The highest BCUT2D eigenvalue weighted by atomic mass is 32.1. The Morgan fingerprint density at radius 2 is 2.28 bits per heavy atom. The Morgan fingerprint density at radius 3 is 2.94 bits per heavy atom. The Morgan fingerprint density at radius 1 is 1.50 bits per heavy atom. The van der Waals surface area contributed by atoms with Gasteiger partial charge in [0.05, 0.1) is 5.69 Å². The zero-order chi connectivity index (χ0) is 13.1. The van der Waals surface area contributed by atoms with Crippen molar-refractivity contribution in [3.63, 3.8) is 0 Å². The molecule has 0 aromatic carbocycles. The monoisotopic (exact) mass is 263 g/mol. The number of nitrogens with two attached hydrogens (primary N) is 1. The fourth-order valence-electron chi connectivity index (χ4n) is 2.82. The van der Waals surface area contributed by atoms with E-state index in [2.05, 4.69) is 29.9 Å². The van der Waals surface area contributed by atoms with Gasteiger partial charge in [-0.3, -0.25) is 4.98 Å². The summed E-state index contributed by atoms with van der Waals surface area (Å²) in [5, 5.41) is 0. The van der Waals surface area contributed by atoms with Gasteiger partial charge in [0.1, 0.15) is 10.7 Å². The molecule has 2 rings (SSSR count). The highest BCUT2D eigenvalue weighted by molar-refractivity contribution is 7.80. The van der Waals surface area contributed by atoms with Crippen LogP contribution in [0.2, 0.25) is 0 Å². The van der Waals surface area contributed by atoms with Crippen LogP contribution in [0.1, 0.15) is 38.3 Å². The summed E-state index contributed by atoms with van der Waals surface area (Å²) in [6.45, 7) is 2.33. The van der Waals surface area contributed by atoms with E-state index in [1.54, 1.807) is 6.20 Å². The lowest BCUT2D eigenvalue weighted by Gasteiger charge is -2.36. The molecule has 1 heterocycles. The predicted molar refractivity (Wildman–Crippen MR) is 79.9 cm³/mol. The van der Waals surface area contributed by atoms with Gasteiger partial charge in [-0.2, -0.15) is 0 Å². The topological polar surface area (TPSA) is 42.2 Å². The number of thiocarbonyl (C=S) groups is 1. The Labute approximate surface area is 114 Å². The molecule has 0 radical (unpaired) electrons. The lowest BCUT2D eigenvalue weighted by molar-refractivity contribution is 0.336. The maximum atomic E-state index is 5.75. The molecule has 2 atom stereocenters. The second-order valence-electron chi connectivity index (χ2n) is 5.27. The molecule has 2 unspecified atom stereocenters. The van der Waals surface area contributed by atoms with E-state index in [-0.39, 0.29) is 0 Å². The van der Waals surface area contributed by atoms with Gasteiger partial charge < -0.3 is 10.6 Å². The first-order chi connectivity index (χ1) is 8.59. The maximum absolute atomic E-state index is 5.75. The summed E-state index contributed by atoms with van der Waals surface area (Å²) >= 11 is 5.08. The van der Waals surface area contributed by atoms with E-state index < -0.39 is 0 Å². The van der Waals surface area contributed by atoms with Gasteiger partial charge in [0, 0.05) is 19.3 Å². The van der Waals surface area contributed by atoms with Crippen LogP contribution in [-0.2, 0) is 0 Å². The van der Waals surface area contributed by atoms with Gasteiger partial charge in [-0.15, -0.1) is 0 Å². The molecular formula is C14H21N3S. The molecule has 1 aromatic rings. The first kappa shape index (κ1) is 13.3. The van der Waals surface area contributed by atoms with Crippen LogP contribution in [0.3, 0.4) is 0 Å². The molecule has 0 spiro atoms. The normalized spacial score (nSPS) is 23.7. The Kier molecular flexibility index (Phi) is 4.17. The van der Waals surface area contributed by atoms with Gasteiger partial charge in [-0.1, -0.05) is 32.0 Å². The van der Waals surface area contributed by atoms with Crippen LogP contribution >= 0.6 is 12.2 Å². The molecular weight excluding hydrogens is 242 g/mol. The van der Waals surface area contributed by atoms with Crippen molar-refractivity contribution in [1.82, 2.24) is 4.98 Å². The van der Waals surface area contributed by atoms with Crippen LogP contribution < -0.4 is 10.6 Å². The van der Waals surface area contributed by atoms with Crippen LogP contribution in [0.4, 0.5) is 5.69 Å². The summed E-state index contributed by atoms with van der Waals surface area (Å²) in [5.41, 5.74) is 7.55. The summed E-state index contributed by atoms with van der Waals surface area (Å²) in [6, 6.07) is 4.58. The first-order valence-corrected chi connectivity index (χ1v) is 6.98. The minimum atomic E-state index is 0.376. The van der Waals surface area contributed by atoms with Crippen LogP contribution in [0.5, 0.6) is 0 Å². The van der Waals surface area contributed by atoms with Gasteiger partial charge in [-0.25, -0.2) is 0 Å². The molecule has 1 aliphatic carbocycles. The standard InChI is InChI=1S/C14H21N3S/c1-10-5-3-6-11(9-10)17(2)12-7-4-8-16-13(12)14(15)18/h4,7-8,10-11H,3,5-6,9H2,1-2H3,(H2,15,18). The Balaban J connectivity index is 2.22. The summed E-state index contributed by atoms with van der Waals surface area (Å²) < 4.78 is 0. The van der Waals surface area contributed by atoms with Gasteiger partial charge in [0.2, 0.25) is 0 Å². The van der Waals surface area contributed by atoms with E-state index in [0.29, 0.717) is 11.0 Å². The number of pyridine rings is 1. The van der Waals surface area contributed by atoms with E-state index >= 15 is 0 Å². The maximum Gasteiger partial charge on any atom is 0.124 e. The minimum Gasteiger partial charge on any atom is -0.388 e. The van der Waals surface area contributed by atoms with Gasteiger partial charge in [0.15, 0.2) is 0 Å². The fraction of sp³-hybridized carbons (Fsp3) is 0.571. The molecule has 1 aromatic heterocycles. The largest absolute Gasteiger partial charge is 0.388 e. The fourth-order valence-corrected chi connectivity index (χ4v) is 2.98. The zero-order valence-electron chi connectivity index (χ0n) is 11.1. The molecule has 18 heavy (non-hydrogen) atoms. The Hall–Kier alpha value is -1.16. The molecule has 1 aliphatic rings. The van der Waals surface area contributed by atoms with E-state index in [1.165, 1.54) is 25.7 Å². The van der Waals surface area contributed by atoms with Crippen molar-refractivity contribution in [1.29, 1.82) is 0 Å². The van der Waals surface area contributed by atoms with Crippen LogP contribution in [0.15, 0.2) is 18.3 Å². The van der Waals surface area contributed by atoms with Gasteiger partial charge >= 0.3 is 0 Å². The smallest absolute Gasteiger partial charge is 0.124 e. The SMILES string of the molecule is CC1CCCC(N(C)c2cccnc2C(N)=S)C1. The highest BCUT2D eigenvalue weighted by Gasteiger charge is 2.24. The molecule has 4 heteroatoms. The third kappa shape index (κ3) is 2.80. The quantitative estimate of drug-likeness (QED) is 0.852. The van der Waals surface area contributed by atoms with E-state index in [1.807, 2.05) is 6.07 Å². The predicted octanol–water partition coefficient (Wildman–Crippen LogP) is 2.73. The van der Waals surface area contributed by atoms with Crippen molar-refractivity contribution in [2.24, 2.45) is 11.7 Å². The number of rotatable bonds is 3. The lowest BCUT2D eigenvalue weighted by atomic mass is 9.86. The first-order valence-electron chi connectivity index (χ1n) is 6.57. The summed E-state index contributed by atoms with van der Waals surface area (Å²) in [5.74, 6) is 0.802. The second kappa shape index (κ2) is 5.65. The third-order valence-electron chi connectivity index (χ3n) is 3.86. The molecule has 2 N–H and O–H groups in total. The van der Waals surface area contributed by atoms with Crippen LogP contribution in [0, 0.1) is 5.92 Å². The average molecular weight is 263 g/mol. The number of aromatic nitrogens is 1. The van der Waals surface area contributed by atoms with Crippen molar-refractivity contribution >= 4 is 22.9 Å². The molecule has 3 nitrogen and oxygen atoms in total. The van der Waals surface area contributed by atoms with Crippen LogP contribution in [-0.4, -0.2) is 23.1 Å². The molecule has 98 valence electrons. The van der Waals surface area contributed by atoms with Crippen molar-refractivity contribution in [3.05, 3.63) is 24.0 Å². The Bertz CT molecular complexity index is 433. The average Bonchev–Trinajstić information content (AvgIpc) is 2.38. The highest BCUT2D eigenvalue weighted by Crippen LogP contribution is 2.30. The number of nitrogens with zero attached hydrogens (tertiary/aromatic N) is 2. The van der Waals surface area contributed by atoms with E-state index in [0.717, 1.165) is 17.3 Å². The summed E-state index contributed by atoms with van der Waals surface area (Å²) in [4.78, 5) is 6.98. The molecule has 0 saturated heterocycles. The lowest BCUT2D eigenvalue weighted by Crippen LogP contribution is -2.36. The zero-order valence-corrected chi connectivity index (χ0v) is 11.9. The van der Waals surface area contributed by atoms with Crippen LogP contribution in [0.25, 0.3) is 0 Å². The molecule has 0 bridgehead atoms. The van der Waals surface area contributed by atoms with E-state index in [4.69, 9.17) is 18.0 Å². The number of anilines is 1. The second-order valence-corrected chi connectivity index (χ2v) is 5.71. The van der Waals surface area contributed by atoms with Crippen molar-refractivity contribution in [3.8, 4) is 0 Å². The summed E-state index contributed by atoms with van der Waals surface area (Å²) in [6.07, 6.45) is 6.88. The van der Waals surface area contributed by atoms with Crippen molar-refractivity contribution in [2.75, 3.05) is 11.9 Å². The minimum absolute atomic E-state index is 0.376. The molecule has 0 aliphatic heterocycles. The van der Waals surface area contributed by atoms with Crippen molar-refractivity contribution in [2.45, 2.75) is 38.6 Å². The van der Waals surface area contributed by atoms with E-state index in [9.17, 15) is 0 Å². The summed E-state index contributed by atoms with van der Waals surface area (Å²) in [7, 11) is 2.13. The molecule has 0 amide bonds. The van der Waals surface area contributed by atoms with Gasteiger partial charge in [0.25, 0.3) is 0 Å². The van der Waals surface area contributed by atoms with Crippen molar-refractivity contribution < 1.29 is 0 Å². The number of hydrogen-bond donors (Lipinski definition) is 1. The van der Waals surface area contributed by atoms with Gasteiger partial charge in [-0.05, 0) is 30.9 Å². The molecule has 1 saturated carbocycles. The molecule has 1 fully saturated rings. The number of hydrogen-bond acceptors (Lipinski definition) is 3. The third-order valence-corrected chi connectivity index (χ3v) is 4.05.